The first kappa shape index (κ1) is 14.6. The van der Waals surface area contributed by atoms with Crippen LogP contribution in [0.25, 0.3) is 0 Å². The van der Waals surface area contributed by atoms with Gasteiger partial charge in [0.2, 0.25) is 0 Å². The second-order valence-corrected chi connectivity index (χ2v) is 5.72. The van der Waals surface area contributed by atoms with Crippen LogP contribution in [0.15, 0.2) is 29.2 Å². The van der Waals surface area contributed by atoms with E-state index in [4.69, 9.17) is 5.73 Å². The maximum Gasteiger partial charge on any atom is 0.0767 e. The maximum absolute atomic E-state index is 10.0. The molecule has 0 amide bonds. The van der Waals surface area contributed by atoms with Gasteiger partial charge in [0.15, 0.2) is 0 Å². The molecule has 0 aromatic heterocycles. The average molecular weight is 253 g/mol. The van der Waals surface area contributed by atoms with Crippen LogP contribution in [0.2, 0.25) is 0 Å². The molecule has 3 heteroatoms. The third kappa shape index (κ3) is 5.11. The van der Waals surface area contributed by atoms with Crippen molar-refractivity contribution in [2.75, 3.05) is 12.3 Å². The van der Waals surface area contributed by atoms with Gasteiger partial charge in [0.1, 0.15) is 0 Å². The molecule has 1 atom stereocenters. The van der Waals surface area contributed by atoms with Crippen molar-refractivity contribution in [2.45, 2.75) is 43.6 Å². The molecule has 0 aliphatic rings. The van der Waals surface area contributed by atoms with E-state index in [1.165, 1.54) is 10.5 Å². The molecular formula is C14H23NOS. The van der Waals surface area contributed by atoms with E-state index in [1.807, 2.05) is 18.7 Å². The predicted octanol–water partition coefficient (Wildman–Crippen LogP) is 2.97. The minimum Gasteiger partial charge on any atom is -0.389 e. The van der Waals surface area contributed by atoms with Gasteiger partial charge in [-0.05, 0) is 44.1 Å². The Labute approximate surface area is 109 Å². The SMILES string of the molecule is CCC(O)(CN)CCCSc1ccc(C)cc1. The van der Waals surface area contributed by atoms with Gasteiger partial charge < -0.3 is 10.8 Å². The smallest absolute Gasteiger partial charge is 0.0767 e. The molecule has 0 aliphatic carbocycles. The highest BCUT2D eigenvalue weighted by molar-refractivity contribution is 7.99. The molecule has 0 radical (unpaired) electrons. The fraction of sp³-hybridized carbons (Fsp3) is 0.571. The summed E-state index contributed by atoms with van der Waals surface area (Å²) in [4.78, 5) is 1.29. The lowest BCUT2D eigenvalue weighted by molar-refractivity contribution is 0.0360. The lowest BCUT2D eigenvalue weighted by Gasteiger charge is -2.24. The second kappa shape index (κ2) is 7.04. The van der Waals surface area contributed by atoms with Gasteiger partial charge in [-0.1, -0.05) is 24.6 Å². The van der Waals surface area contributed by atoms with Crippen molar-refractivity contribution < 1.29 is 5.11 Å². The van der Waals surface area contributed by atoms with Crippen molar-refractivity contribution in [3.63, 3.8) is 0 Å². The van der Waals surface area contributed by atoms with Gasteiger partial charge in [-0.15, -0.1) is 11.8 Å². The van der Waals surface area contributed by atoms with Crippen molar-refractivity contribution >= 4 is 11.8 Å². The summed E-state index contributed by atoms with van der Waals surface area (Å²) in [5.41, 5.74) is 6.20. The number of hydrogen-bond donors (Lipinski definition) is 2. The molecule has 1 aromatic carbocycles. The first-order chi connectivity index (χ1) is 8.09. The van der Waals surface area contributed by atoms with Gasteiger partial charge in [-0.2, -0.15) is 0 Å². The summed E-state index contributed by atoms with van der Waals surface area (Å²) >= 11 is 1.84. The Morgan fingerprint density at radius 2 is 1.94 bits per heavy atom. The van der Waals surface area contributed by atoms with Crippen molar-refractivity contribution in [2.24, 2.45) is 5.73 Å². The average Bonchev–Trinajstić information content (AvgIpc) is 2.36. The van der Waals surface area contributed by atoms with Crippen molar-refractivity contribution in [3.8, 4) is 0 Å². The van der Waals surface area contributed by atoms with E-state index in [1.54, 1.807) is 0 Å². The highest BCUT2D eigenvalue weighted by Crippen LogP contribution is 2.22. The molecule has 2 nitrogen and oxygen atoms in total. The second-order valence-electron chi connectivity index (χ2n) is 4.55. The zero-order valence-electron chi connectivity index (χ0n) is 10.8. The number of aliphatic hydroxyl groups is 1. The molecule has 0 bridgehead atoms. The topological polar surface area (TPSA) is 46.2 Å². The van der Waals surface area contributed by atoms with Crippen molar-refractivity contribution in [1.82, 2.24) is 0 Å². The van der Waals surface area contributed by atoms with Crippen LogP contribution in [0.3, 0.4) is 0 Å². The Morgan fingerprint density at radius 3 is 2.47 bits per heavy atom. The van der Waals surface area contributed by atoms with Crippen LogP contribution in [-0.2, 0) is 0 Å². The van der Waals surface area contributed by atoms with Gasteiger partial charge in [0.05, 0.1) is 5.60 Å². The van der Waals surface area contributed by atoms with Gasteiger partial charge in [-0.3, -0.25) is 0 Å². The Balaban J connectivity index is 2.26. The predicted molar refractivity (Wildman–Crippen MR) is 75.4 cm³/mol. The highest BCUT2D eigenvalue weighted by Gasteiger charge is 2.21. The number of hydrogen-bond acceptors (Lipinski definition) is 3. The van der Waals surface area contributed by atoms with Crippen LogP contribution in [0.5, 0.6) is 0 Å². The molecule has 17 heavy (non-hydrogen) atoms. The summed E-state index contributed by atoms with van der Waals surface area (Å²) in [6.45, 7) is 4.44. The third-order valence-electron chi connectivity index (χ3n) is 3.11. The van der Waals surface area contributed by atoms with Crippen LogP contribution in [0, 0.1) is 6.92 Å². The van der Waals surface area contributed by atoms with E-state index < -0.39 is 5.60 Å². The number of aryl methyl sites for hydroxylation is 1. The molecule has 1 rings (SSSR count). The molecule has 3 N–H and O–H groups in total. The summed E-state index contributed by atoms with van der Waals surface area (Å²) in [7, 11) is 0. The monoisotopic (exact) mass is 253 g/mol. The minimum atomic E-state index is -0.659. The molecular weight excluding hydrogens is 230 g/mol. The molecule has 0 heterocycles. The molecule has 96 valence electrons. The zero-order valence-corrected chi connectivity index (χ0v) is 11.6. The Morgan fingerprint density at radius 1 is 1.29 bits per heavy atom. The first-order valence-electron chi connectivity index (χ1n) is 6.21. The summed E-state index contributed by atoms with van der Waals surface area (Å²) in [5.74, 6) is 1.03. The van der Waals surface area contributed by atoms with Gasteiger partial charge in [0, 0.05) is 11.4 Å². The van der Waals surface area contributed by atoms with E-state index in [0.717, 1.165) is 25.0 Å². The molecule has 0 saturated carbocycles. The number of nitrogens with two attached hydrogens (primary N) is 1. The molecule has 0 fully saturated rings. The fourth-order valence-electron chi connectivity index (χ4n) is 1.65. The van der Waals surface area contributed by atoms with E-state index in [2.05, 4.69) is 31.2 Å². The lowest BCUT2D eigenvalue weighted by atomic mass is 9.95. The largest absolute Gasteiger partial charge is 0.389 e. The quantitative estimate of drug-likeness (QED) is 0.580. The Kier molecular flexibility index (Phi) is 6.03. The standard InChI is InChI=1S/C14H23NOS/c1-3-14(16,11-15)9-4-10-17-13-7-5-12(2)6-8-13/h5-8,16H,3-4,9-11,15H2,1-2H3. The molecule has 0 saturated heterocycles. The Hall–Kier alpha value is -0.510. The summed E-state index contributed by atoms with van der Waals surface area (Å²) in [6, 6.07) is 8.55. The van der Waals surface area contributed by atoms with Gasteiger partial charge in [0.25, 0.3) is 0 Å². The van der Waals surface area contributed by atoms with Crippen molar-refractivity contribution in [3.05, 3.63) is 29.8 Å². The number of benzene rings is 1. The zero-order chi connectivity index (χ0) is 12.7. The molecule has 0 spiro atoms. The van der Waals surface area contributed by atoms with Gasteiger partial charge >= 0.3 is 0 Å². The van der Waals surface area contributed by atoms with Crippen LogP contribution >= 0.6 is 11.8 Å². The van der Waals surface area contributed by atoms with Crippen LogP contribution in [0.4, 0.5) is 0 Å². The van der Waals surface area contributed by atoms with Crippen LogP contribution in [-0.4, -0.2) is 23.0 Å². The van der Waals surface area contributed by atoms with Gasteiger partial charge in [-0.25, -0.2) is 0 Å². The summed E-state index contributed by atoms with van der Waals surface area (Å²) < 4.78 is 0. The number of rotatable bonds is 7. The minimum absolute atomic E-state index is 0.360. The summed E-state index contributed by atoms with van der Waals surface area (Å²) in [6.07, 6.45) is 2.53. The number of thioether (sulfide) groups is 1. The normalized spacial score (nSPS) is 14.6. The van der Waals surface area contributed by atoms with Crippen LogP contribution in [0.1, 0.15) is 31.7 Å². The van der Waals surface area contributed by atoms with E-state index in [0.29, 0.717) is 6.54 Å². The fourth-order valence-corrected chi connectivity index (χ4v) is 2.50. The Bertz CT molecular complexity index is 319. The molecule has 1 aromatic rings. The third-order valence-corrected chi connectivity index (χ3v) is 4.21. The van der Waals surface area contributed by atoms with Crippen molar-refractivity contribution in [1.29, 1.82) is 0 Å². The maximum atomic E-state index is 10.0. The van der Waals surface area contributed by atoms with E-state index in [-0.39, 0.29) is 0 Å². The highest BCUT2D eigenvalue weighted by atomic mass is 32.2. The molecule has 1 unspecified atom stereocenters. The van der Waals surface area contributed by atoms with E-state index in [9.17, 15) is 5.11 Å². The first-order valence-corrected chi connectivity index (χ1v) is 7.20. The lowest BCUT2D eigenvalue weighted by Crippen LogP contribution is -2.36. The summed E-state index contributed by atoms with van der Waals surface area (Å²) in [5, 5.41) is 10.0. The van der Waals surface area contributed by atoms with E-state index >= 15 is 0 Å². The molecule has 0 aliphatic heterocycles. The van der Waals surface area contributed by atoms with Crippen LogP contribution < -0.4 is 5.73 Å².